The fourth-order valence-corrected chi connectivity index (χ4v) is 7.04. The molecule has 3 aromatic rings. The van der Waals surface area contributed by atoms with Gasteiger partial charge in [-0.2, -0.15) is 0 Å². The summed E-state index contributed by atoms with van der Waals surface area (Å²) in [5.74, 6) is 1.27. The second kappa shape index (κ2) is 11.7. The number of likely N-dealkylation sites (N-methyl/N-ethyl adjacent to an activating group) is 1. The highest BCUT2D eigenvalue weighted by Crippen LogP contribution is 2.51. The number of aryl methyl sites for hydroxylation is 1. The van der Waals surface area contributed by atoms with E-state index < -0.39 is 11.3 Å². The molecule has 0 bridgehead atoms. The Morgan fingerprint density at radius 3 is 2.69 bits per heavy atom. The predicted octanol–water partition coefficient (Wildman–Crippen LogP) is 4.27. The molecule has 0 radical (unpaired) electrons. The summed E-state index contributed by atoms with van der Waals surface area (Å²) >= 11 is 1.37. The molecule has 1 aromatic heterocycles. The molecule has 3 aliphatic heterocycles. The van der Waals surface area contributed by atoms with Crippen molar-refractivity contribution in [1.82, 2.24) is 25.8 Å². The van der Waals surface area contributed by atoms with Crippen molar-refractivity contribution in [3.63, 3.8) is 0 Å². The minimum absolute atomic E-state index is 0.0301. The van der Waals surface area contributed by atoms with Gasteiger partial charge in [0.15, 0.2) is 0 Å². The molecule has 2 aromatic carbocycles. The minimum atomic E-state index is -0.565. The first kappa shape index (κ1) is 28.0. The minimum Gasteiger partial charge on any atom is -0.457 e. The van der Waals surface area contributed by atoms with Crippen molar-refractivity contribution in [2.75, 3.05) is 25.0 Å². The first-order chi connectivity index (χ1) is 20.3. The van der Waals surface area contributed by atoms with Crippen molar-refractivity contribution in [2.45, 2.75) is 55.1 Å². The average Bonchev–Trinajstić information content (AvgIpc) is 3.37. The molecule has 1 fully saturated rings. The van der Waals surface area contributed by atoms with Gasteiger partial charge in [0.05, 0.1) is 23.5 Å². The summed E-state index contributed by atoms with van der Waals surface area (Å²) in [5, 5.41) is 9.40. The highest BCUT2D eigenvalue weighted by atomic mass is 32.2. The summed E-state index contributed by atoms with van der Waals surface area (Å²) in [4.78, 5) is 47.9. The van der Waals surface area contributed by atoms with Crippen LogP contribution in [0, 0.1) is 6.92 Å². The molecule has 4 atom stereocenters. The molecular weight excluding hydrogens is 552 g/mol. The van der Waals surface area contributed by atoms with Crippen molar-refractivity contribution in [2.24, 2.45) is 0 Å². The Hall–Kier alpha value is -4.09. The van der Waals surface area contributed by atoms with Gasteiger partial charge in [-0.15, -0.1) is 0 Å². The van der Waals surface area contributed by atoms with Crippen LogP contribution in [0.2, 0.25) is 0 Å². The molecule has 6 rings (SSSR count). The predicted molar refractivity (Wildman–Crippen MR) is 161 cm³/mol. The molecule has 218 valence electrons. The Morgan fingerprint density at radius 1 is 1.12 bits per heavy atom. The van der Waals surface area contributed by atoms with Crippen molar-refractivity contribution in [1.29, 1.82) is 0 Å². The number of urea groups is 1. The third-order valence-corrected chi connectivity index (χ3v) is 9.32. The van der Waals surface area contributed by atoms with Gasteiger partial charge in [-0.3, -0.25) is 14.5 Å². The number of carbonyl (C=O) groups is 3. The molecule has 10 nitrogen and oxygen atoms in total. The number of rotatable bonds is 7. The highest BCUT2D eigenvalue weighted by Gasteiger charge is 2.47. The summed E-state index contributed by atoms with van der Waals surface area (Å²) in [6, 6.07) is 15.7. The van der Waals surface area contributed by atoms with Gasteiger partial charge in [0, 0.05) is 30.9 Å². The number of nitrogens with zero attached hydrogens (tertiary/aromatic N) is 3. The van der Waals surface area contributed by atoms with E-state index in [2.05, 4.69) is 20.9 Å². The molecule has 0 aliphatic carbocycles. The number of anilines is 2. The monoisotopic (exact) mass is 586 g/mol. The third-order valence-electron chi connectivity index (χ3n) is 8.04. The van der Waals surface area contributed by atoms with Crippen molar-refractivity contribution < 1.29 is 19.1 Å². The number of likely N-dealkylation sites (tertiary alicyclic amines) is 1. The lowest BCUT2D eigenvalue weighted by Gasteiger charge is -2.36. The number of ether oxygens (including phenoxy) is 1. The smallest absolute Gasteiger partial charge is 0.327 e. The van der Waals surface area contributed by atoms with Gasteiger partial charge in [-0.25, -0.2) is 9.78 Å². The van der Waals surface area contributed by atoms with E-state index in [9.17, 15) is 14.4 Å². The van der Waals surface area contributed by atoms with Gasteiger partial charge < -0.3 is 25.6 Å². The van der Waals surface area contributed by atoms with E-state index >= 15 is 0 Å². The second-order valence-corrected chi connectivity index (χ2v) is 12.0. The fourth-order valence-electron chi connectivity index (χ4n) is 5.81. The van der Waals surface area contributed by atoms with Gasteiger partial charge in [0.1, 0.15) is 21.8 Å². The lowest BCUT2D eigenvalue weighted by molar-refractivity contribution is -0.135. The van der Waals surface area contributed by atoms with Gasteiger partial charge in [0.25, 0.3) is 0 Å². The molecule has 3 aliphatic rings. The summed E-state index contributed by atoms with van der Waals surface area (Å²) in [7, 11) is 1.76. The molecular formula is C31H34N6O4S. The third kappa shape index (κ3) is 5.30. The van der Waals surface area contributed by atoms with Crippen molar-refractivity contribution in [3.8, 4) is 11.5 Å². The molecule has 0 saturated carbocycles. The van der Waals surface area contributed by atoms with Crippen LogP contribution in [0.5, 0.6) is 11.5 Å². The van der Waals surface area contributed by atoms with Crippen LogP contribution < -0.4 is 25.6 Å². The van der Waals surface area contributed by atoms with E-state index in [1.807, 2.05) is 73.3 Å². The van der Waals surface area contributed by atoms with Crippen LogP contribution in [0.1, 0.15) is 36.9 Å². The number of benzene rings is 2. The van der Waals surface area contributed by atoms with E-state index in [0.717, 1.165) is 40.4 Å². The molecule has 1 saturated heterocycles. The number of aromatic nitrogens is 1. The summed E-state index contributed by atoms with van der Waals surface area (Å²) in [5.41, 5.74) is 3.15. The quantitative estimate of drug-likeness (QED) is 0.379. The highest BCUT2D eigenvalue weighted by molar-refractivity contribution is 8.01. The number of amides is 4. The molecule has 0 spiro atoms. The Kier molecular flexibility index (Phi) is 7.78. The maximum atomic E-state index is 13.6. The summed E-state index contributed by atoms with van der Waals surface area (Å²) in [6.07, 6.45) is 3.30. The van der Waals surface area contributed by atoms with E-state index in [0.29, 0.717) is 24.5 Å². The molecule has 11 heteroatoms. The summed E-state index contributed by atoms with van der Waals surface area (Å²) < 4.78 is 5.98. The molecule has 3 N–H and O–H groups in total. The molecule has 2 unspecified atom stereocenters. The molecule has 4 heterocycles. The van der Waals surface area contributed by atoms with Gasteiger partial charge >= 0.3 is 6.03 Å². The molecule has 4 amide bonds. The number of carbonyl (C=O) groups excluding carboxylic acids is 3. The number of hydrogen-bond donors (Lipinski definition) is 3. The van der Waals surface area contributed by atoms with Gasteiger partial charge in [-0.05, 0) is 75.7 Å². The molecule has 42 heavy (non-hydrogen) atoms. The number of piperidine rings is 1. The van der Waals surface area contributed by atoms with Crippen molar-refractivity contribution >= 4 is 41.0 Å². The first-order valence-corrected chi connectivity index (χ1v) is 15.1. The lowest BCUT2D eigenvalue weighted by Crippen LogP contribution is -2.55. The fraction of sp³-hybridized carbons (Fsp3) is 0.355. The van der Waals surface area contributed by atoms with Crippen LogP contribution in [-0.2, 0) is 9.59 Å². The standard InChI is InChI=1S/C31H34N6O4S/c1-18-16-22(41-21-9-5-4-6-10-21)11-12-23(18)37-24-13-14-33-29-25(24)26(35-31(37)40)27(42-29)28(38)34-20-8-7-15-36(17-20)30(39)19(2)32-3/h4-6,9-14,16,19-20,26-27,32H,7-8,15,17H2,1-3H3,(H,34,38)(H,35,40)/t19-,20+,26?,27?/m0/s1. The number of pyridine rings is 1. The largest absolute Gasteiger partial charge is 0.457 e. The van der Waals surface area contributed by atoms with Gasteiger partial charge in [0.2, 0.25) is 11.8 Å². The van der Waals surface area contributed by atoms with E-state index in [1.54, 1.807) is 18.1 Å². The number of para-hydroxylation sites is 1. The number of thioether (sulfide) groups is 1. The Balaban J connectivity index is 1.20. The normalized spacial score (nSPS) is 21.8. The maximum absolute atomic E-state index is 13.6. The maximum Gasteiger partial charge on any atom is 0.327 e. The SMILES string of the molecule is CN[C@@H](C)C(=O)N1CCC[C@@H](NC(=O)C2Sc3nccc4c3C2NC(=O)N4c2ccc(Oc3ccccc3)cc2C)C1. The topological polar surface area (TPSA) is 116 Å². The van der Waals surface area contributed by atoms with Crippen LogP contribution in [0.25, 0.3) is 0 Å². The number of hydrogen-bond acceptors (Lipinski definition) is 7. The zero-order chi connectivity index (χ0) is 29.4. The zero-order valence-electron chi connectivity index (χ0n) is 23.8. The Morgan fingerprint density at radius 2 is 1.93 bits per heavy atom. The Bertz CT molecular complexity index is 1520. The number of nitrogens with one attached hydrogen (secondary N) is 3. The van der Waals surface area contributed by atoms with Gasteiger partial charge in [-0.1, -0.05) is 30.0 Å². The van der Waals surface area contributed by atoms with E-state index in [-0.39, 0.29) is 29.9 Å². The van der Waals surface area contributed by atoms with Crippen LogP contribution in [0.3, 0.4) is 0 Å². The van der Waals surface area contributed by atoms with Crippen LogP contribution in [0.4, 0.5) is 16.2 Å². The van der Waals surface area contributed by atoms with Crippen LogP contribution in [-0.4, -0.2) is 65.2 Å². The van der Waals surface area contributed by atoms with Crippen LogP contribution in [0.15, 0.2) is 65.8 Å². The van der Waals surface area contributed by atoms with Crippen molar-refractivity contribution in [3.05, 3.63) is 71.9 Å². The van der Waals surface area contributed by atoms with E-state index in [4.69, 9.17) is 4.74 Å². The average molecular weight is 587 g/mol. The second-order valence-electron chi connectivity index (χ2n) is 10.9. The lowest BCUT2D eigenvalue weighted by atomic mass is 9.98. The first-order valence-electron chi connectivity index (χ1n) is 14.2. The van der Waals surface area contributed by atoms with Crippen LogP contribution >= 0.6 is 11.8 Å². The van der Waals surface area contributed by atoms with E-state index in [1.165, 1.54) is 11.8 Å². The summed E-state index contributed by atoms with van der Waals surface area (Å²) in [6.45, 7) is 4.93. The zero-order valence-corrected chi connectivity index (χ0v) is 24.6. The Labute approximate surface area is 249 Å².